The van der Waals surface area contributed by atoms with E-state index in [4.69, 9.17) is 0 Å². The van der Waals surface area contributed by atoms with Crippen molar-refractivity contribution in [2.24, 2.45) is 50.2 Å². The molecule has 5 rings (SSSR count). The number of carboxylic acids is 1. The van der Waals surface area contributed by atoms with Crippen molar-refractivity contribution >= 4 is 5.97 Å². The molecule has 192 valence electrons. The molecule has 0 spiro atoms. The van der Waals surface area contributed by atoms with Gasteiger partial charge in [-0.1, -0.05) is 53.2 Å². The van der Waals surface area contributed by atoms with Crippen molar-refractivity contribution in [3.63, 3.8) is 0 Å². The van der Waals surface area contributed by atoms with Gasteiger partial charge in [-0.05, 0) is 104 Å². The summed E-state index contributed by atoms with van der Waals surface area (Å²) >= 11 is 0. The average molecular weight is 473 g/mol. The second-order valence-corrected chi connectivity index (χ2v) is 14.9. The minimum absolute atomic E-state index is 0.0204. The molecule has 0 heterocycles. The molecule has 0 radical (unpaired) electrons. The Labute approximate surface area is 206 Å². The lowest BCUT2D eigenvalue weighted by molar-refractivity contribution is -0.216. The van der Waals surface area contributed by atoms with E-state index in [1.54, 1.807) is 0 Å². The Morgan fingerprint density at radius 1 is 0.941 bits per heavy atom. The van der Waals surface area contributed by atoms with Crippen LogP contribution in [-0.2, 0) is 4.79 Å². The number of aliphatic carboxylic acids is 1. The molecule has 0 aromatic rings. The Balaban J connectivity index is 1.60. The van der Waals surface area contributed by atoms with Gasteiger partial charge in [0, 0.05) is 5.41 Å². The third-order valence-corrected chi connectivity index (χ3v) is 13.2. The molecule has 34 heavy (non-hydrogen) atoms. The van der Waals surface area contributed by atoms with Crippen molar-refractivity contribution < 1.29 is 20.1 Å². The number of aliphatic hydroxyl groups is 2. The van der Waals surface area contributed by atoms with Crippen LogP contribution in [0.3, 0.4) is 0 Å². The molecule has 0 aliphatic heterocycles. The molecule has 4 saturated carbocycles. The Morgan fingerprint density at radius 2 is 1.62 bits per heavy atom. The van der Waals surface area contributed by atoms with E-state index in [2.05, 4.69) is 47.6 Å². The predicted octanol–water partition coefficient (Wildman–Crippen LogP) is 6.21. The maximum absolute atomic E-state index is 12.8. The summed E-state index contributed by atoms with van der Waals surface area (Å²) in [6, 6.07) is 0. The highest BCUT2D eigenvalue weighted by Crippen LogP contribution is 2.75. The van der Waals surface area contributed by atoms with Gasteiger partial charge in [0.1, 0.15) is 0 Å². The van der Waals surface area contributed by atoms with E-state index in [1.165, 1.54) is 5.57 Å². The maximum atomic E-state index is 12.8. The van der Waals surface area contributed by atoms with Crippen LogP contribution >= 0.6 is 0 Å². The third kappa shape index (κ3) is 2.88. The van der Waals surface area contributed by atoms with E-state index in [0.717, 1.165) is 64.2 Å². The van der Waals surface area contributed by atoms with E-state index in [-0.39, 0.29) is 34.2 Å². The topological polar surface area (TPSA) is 77.8 Å². The molecule has 0 aromatic carbocycles. The summed E-state index contributed by atoms with van der Waals surface area (Å²) in [6.07, 6.45) is 11.6. The molecule has 3 N–H and O–H groups in total. The van der Waals surface area contributed by atoms with Crippen molar-refractivity contribution in [1.82, 2.24) is 0 Å². The molecule has 5 aliphatic carbocycles. The summed E-state index contributed by atoms with van der Waals surface area (Å²) < 4.78 is 0. The molecule has 4 nitrogen and oxygen atoms in total. The van der Waals surface area contributed by atoms with Gasteiger partial charge in [0.05, 0.1) is 18.1 Å². The monoisotopic (exact) mass is 472 g/mol. The van der Waals surface area contributed by atoms with Crippen LogP contribution in [0.25, 0.3) is 0 Å². The fourth-order valence-electron chi connectivity index (χ4n) is 10.7. The van der Waals surface area contributed by atoms with E-state index in [0.29, 0.717) is 11.8 Å². The minimum Gasteiger partial charge on any atom is -0.481 e. The number of carboxylic acid groups (broad SMARTS) is 1. The highest BCUT2D eigenvalue weighted by Gasteiger charge is 2.69. The first-order valence-electron chi connectivity index (χ1n) is 13.9. The summed E-state index contributed by atoms with van der Waals surface area (Å²) in [6.45, 7) is 14.3. The zero-order valence-electron chi connectivity index (χ0n) is 22.4. The predicted molar refractivity (Wildman–Crippen MR) is 134 cm³/mol. The van der Waals surface area contributed by atoms with Crippen LogP contribution in [0.2, 0.25) is 0 Å². The number of fused-ring (bicyclic) bond motifs is 7. The van der Waals surface area contributed by atoms with Crippen molar-refractivity contribution in [1.29, 1.82) is 0 Å². The molecular weight excluding hydrogens is 424 g/mol. The first kappa shape index (κ1) is 24.8. The van der Waals surface area contributed by atoms with Gasteiger partial charge in [0.25, 0.3) is 0 Å². The first-order valence-corrected chi connectivity index (χ1v) is 13.9. The first-order chi connectivity index (χ1) is 15.7. The van der Waals surface area contributed by atoms with Crippen molar-refractivity contribution in [2.45, 2.75) is 112 Å². The average Bonchev–Trinajstić information content (AvgIpc) is 2.76. The zero-order chi connectivity index (χ0) is 24.9. The number of allylic oxidation sites excluding steroid dienone is 2. The molecule has 5 aliphatic rings. The number of aliphatic hydroxyl groups excluding tert-OH is 2. The van der Waals surface area contributed by atoms with Crippen LogP contribution < -0.4 is 0 Å². The lowest BCUT2D eigenvalue weighted by atomic mass is 9.33. The quantitative estimate of drug-likeness (QED) is 0.418. The van der Waals surface area contributed by atoms with Crippen LogP contribution in [0.4, 0.5) is 0 Å². The second kappa shape index (κ2) is 7.34. The maximum Gasteiger partial charge on any atom is 0.310 e. The number of carbonyl (C=O) groups is 1. The third-order valence-electron chi connectivity index (χ3n) is 13.2. The molecule has 4 heteroatoms. The van der Waals surface area contributed by atoms with Crippen LogP contribution in [0.15, 0.2) is 11.6 Å². The molecule has 0 amide bonds. The van der Waals surface area contributed by atoms with Gasteiger partial charge in [0.15, 0.2) is 0 Å². The van der Waals surface area contributed by atoms with E-state index < -0.39 is 22.9 Å². The summed E-state index contributed by atoms with van der Waals surface area (Å²) in [5.41, 5.74) is 0.858. The summed E-state index contributed by atoms with van der Waals surface area (Å²) in [5.74, 6) is 0.395. The van der Waals surface area contributed by atoms with Crippen LogP contribution in [-0.4, -0.2) is 34.0 Å². The molecule has 0 saturated heterocycles. The van der Waals surface area contributed by atoms with Gasteiger partial charge in [-0.2, -0.15) is 0 Å². The number of hydrogen-bond acceptors (Lipinski definition) is 3. The Bertz CT molecular complexity index is 907. The van der Waals surface area contributed by atoms with Crippen molar-refractivity contribution in [2.75, 3.05) is 6.61 Å². The molecule has 0 aromatic heterocycles. The Morgan fingerprint density at radius 3 is 2.26 bits per heavy atom. The summed E-state index contributed by atoms with van der Waals surface area (Å²) in [5, 5.41) is 31.8. The second-order valence-electron chi connectivity index (χ2n) is 14.9. The van der Waals surface area contributed by atoms with Crippen LogP contribution in [0, 0.1) is 50.2 Å². The zero-order valence-corrected chi connectivity index (χ0v) is 22.4. The lowest BCUT2D eigenvalue weighted by Crippen LogP contribution is -2.65. The van der Waals surface area contributed by atoms with E-state index in [1.807, 2.05) is 0 Å². The number of hydrogen-bond donors (Lipinski definition) is 3. The van der Waals surface area contributed by atoms with Gasteiger partial charge in [-0.15, -0.1) is 0 Å². The minimum atomic E-state index is -0.588. The SMILES string of the molecule is CC1(C)CC[C@]2(C(=O)O)CC[C@]3(C)C(=CCC4C5(C)CC[C@H](O)[C@](C)(CO)[C@@H]5CC[C@@]43C)C2C1. The fraction of sp³-hybridized carbons (Fsp3) is 0.900. The summed E-state index contributed by atoms with van der Waals surface area (Å²) in [7, 11) is 0. The van der Waals surface area contributed by atoms with E-state index >= 15 is 0 Å². The standard InChI is InChI=1S/C30H48O4/c1-25(2)13-15-30(24(33)34)16-14-28(5)19(20(30)17-25)7-8-22-26(3)11-10-23(32)27(4,18-31)21(26)9-12-29(22,28)6/h7,20-23,31-32H,8-18H2,1-6H3,(H,33,34)/t20?,21-,22?,23+,26?,27-,28-,29+,30+/m1/s1. The van der Waals surface area contributed by atoms with Gasteiger partial charge in [0.2, 0.25) is 0 Å². The Hall–Kier alpha value is -0.870. The van der Waals surface area contributed by atoms with Gasteiger partial charge < -0.3 is 15.3 Å². The smallest absolute Gasteiger partial charge is 0.310 e. The molecular formula is C30H48O4. The van der Waals surface area contributed by atoms with Gasteiger partial charge >= 0.3 is 5.97 Å². The van der Waals surface area contributed by atoms with Crippen molar-refractivity contribution in [3.8, 4) is 0 Å². The Kier molecular flexibility index (Phi) is 5.36. The highest BCUT2D eigenvalue weighted by atomic mass is 16.4. The molecule has 0 bridgehead atoms. The molecule has 4 fully saturated rings. The molecule has 3 unspecified atom stereocenters. The lowest BCUT2D eigenvalue weighted by Gasteiger charge is -2.71. The van der Waals surface area contributed by atoms with Gasteiger partial charge in [-0.3, -0.25) is 4.79 Å². The largest absolute Gasteiger partial charge is 0.481 e. The molecule has 9 atom stereocenters. The summed E-state index contributed by atoms with van der Waals surface area (Å²) in [4.78, 5) is 12.8. The van der Waals surface area contributed by atoms with Crippen LogP contribution in [0.1, 0.15) is 106 Å². The fourth-order valence-corrected chi connectivity index (χ4v) is 10.7. The van der Waals surface area contributed by atoms with Crippen molar-refractivity contribution in [3.05, 3.63) is 11.6 Å². The highest BCUT2D eigenvalue weighted by molar-refractivity contribution is 5.76. The normalized spacial score (nSPS) is 54.1. The van der Waals surface area contributed by atoms with E-state index in [9.17, 15) is 20.1 Å². The number of rotatable bonds is 2. The van der Waals surface area contributed by atoms with Gasteiger partial charge in [-0.25, -0.2) is 0 Å². The van der Waals surface area contributed by atoms with Crippen LogP contribution in [0.5, 0.6) is 0 Å².